The predicted molar refractivity (Wildman–Crippen MR) is 77.6 cm³/mol. The van der Waals surface area contributed by atoms with Crippen molar-refractivity contribution < 1.29 is 18.0 Å². The lowest BCUT2D eigenvalue weighted by atomic mass is 9.86. The van der Waals surface area contributed by atoms with Gasteiger partial charge in [-0.05, 0) is 38.7 Å². The third-order valence-electron chi connectivity index (χ3n) is 4.02. The molecule has 21 heavy (non-hydrogen) atoms. The predicted octanol–water partition coefficient (Wildman–Crippen LogP) is 3.48. The Balaban J connectivity index is 2.33. The first kappa shape index (κ1) is 16.1. The first-order chi connectivity index (χ1) is 9.79. The van der Waals surface area contributed by atoms with Gasteiger partial charge in [-0.15, -0.1) is 11.3 Å². The zero-order chi connectivity index (χ0) is 15.8. The summed E-state index contributed by atoms with van der Waals surface area (Å²) in [5, 5.41) is 0.347. The van der Waals surface area contributed by atoms with Crippen LogP contribution in [0.1, 0.15) is 41.1 Å². The Labute approximate surface area is 125 Å². The van der Waals surface area contributed by atoms with Crippen molar-refractivity contribution in [2.75, 3.05) is 18.8 Å². The number of nitrogens with zero attached hydrogens (tertiary/aromatic N) is 1. The summed E-state index contributed by atoms with van der Waals surface area (Å²) in [6.45, 7) is 4.86. The van der Waals surface area contributed by atoms with E-state index in [2.05, 4.69) is 0 Å². The van der Waals surface area contributed by atoms with Crippen LogP contribution in [-0.4, -0.2) is 30.1 Å². The highest BCUT2D eigenvalue weighted by molar-refractivity contribution is 7.16. The van der Waals surface area contributed by atoms with Crippen LogP contribution >= 0.6 is 11.3 Å². The van der Waals surface area contributed by atoms with E-state index in [1.54, 1.807) is 4.90 Å². The third-order valence-corrected chi connectivity index (χ3v) is 5.10. The fourth-order valence-electron chi connectivity index (χ4n) is 2.79. The molecule has 1 unspecified atom stereocenters. The monoisotopic (exact) mass is 320 g/mol. The van der Waals surface area contributed by atoms with Crippen LogP contribution in [0.5, 0.6) is 0 Å². The van der Waals surface area contributed by atoms with E-state index >= 15 is 0 Å². The molecule has 0 bridgehead atoms. The van der Waals surface area contributed by atoms with Crippen LogP contribution in [0.3, 0.4) is 0 Å². The number of nitrogens with two attached hydrogens (primary N) is 1. The van der Waals surface area contributed by atoms with E-state index < -0.39 is 12.1 Å². The van der Waals surface area contributed by atoms with Gasteiger partial charge in [-0.1, -0.05) is 0 Å². The van der Waals surface area contributed by atoms with Gasteiger partial charge in [0.2, 0.25) is 0 Å². The van der Waals surface area contributed by atoms with Crippen LogP contribution in [0.15, 0.2) is 0 Å². The molecule has 1 amide bonds. The Morgan fingerprint density at radius 1 is 1.38 bits per heavy atom. The fraction of sp³-hybridized carbons (Fsp3) is 0.643. The average molecular weight is 320 g/mol. The van der Waals surface area contributed by atoms with Crippen LogP contribution < -0.4 is 5.73 Å². The number of rotatable bonds is 3. The van der Waals surface area contributed by atoms with E-state index in [9.17, 15) is 18.0 Å². The average Bonchev–Trinajstić information content (AvgIpc) is 2.73. The summed E-state index contributed by atoms with van der Waals surface area (Å²) in [6.07, 6.45) is -3.93. The zero-order valence-corrected chi connectivity index (χ0v) is 12.9. The number of anilines is 1. The molecule has 0 radical (unpaired) electrons. The summed E-state index contributed by atoms with van der Waals surface area (Å²) in [7, 11) is 0. The number of fused-ring (bicyclic) bond motifs is 1. The van der Waals surface area contributed by atoms with Gasteiger partial charge in [0.25, 0.3) is 5.91 Å². The maximum atomic E-state index is 12.8. The number of thiophene rings is 1. The molecule has 0 aliphatic heterocycles. The molecule has 2 rings (SSSR count). The summed E-state index contributed by atoms with van der Waals surface area (Å²) in [4.78, 5) is 14.7. The second-order valence-electron chi connectivity index (χ2n) is 5.20. The Kier molecular flexibility index (Phi) is 4.51. The number of carbonyl (C=O) groups excluding carboxylic acids is 1. The Morgan fingerprint density at radius 3 is 2.52 bits per heavy atom. The number of amides is 1. The number of nitrogen functional groups attached to an aromatic ring is 1. The molecule has 2 N–H and O–H groups in total. The Hall–Kier alpha value is -1.24. The van der Waals surface area contributed by atoms with Crippen LogP contribution in [-0.2, 0) is 12.8 Å². The van der Waals surface area contributed by atoms with E-state index in [1.807, 2.05) is 13.8 Å². The zero-order valence-electron chi connectivity index (χ0n) is 12.1. The molecule has 3 nitrogen and oxygen atoms in total. The molecule has 0 saturated carbocycles. The topological polar surface area (TPSA) is 46.3 Å². The maximum Gasteiger partial charge on any atom is 0.392 e. The fourth-order valence-corrected chi connectivity index (χ4v) is 3.98. The van der Waals surface area contributed by atoms with Gasteiger partial charge in [0, 0.05) is 18.0 Å². The van der Waals surface area contributed by atoms with Crippen molar-refractivity contribution in [1.82, 2.24) is 4.90 Å². The van der Waals surface area contributed by atoms with Crippen molar-refractivity contribution in [2.24, 2.45) is 5.92 Å². The largest absolute Gasteiger partial charge is 0.392 e. The molecule has 7 heteroatoms. The highest BCUT2D eigenvalue weighted by Gasteiger charge is 2.43. The van der Waals surface area contributed by atoms with Gasteiger partial charge in [-0.3, -0.25) is 4.79 Å². The smallest absolute Gasteiger partial charge is 0.390 e. The molecule has 0 fully saturated rings. The highest BCUT2D eigenvalue weighted by atomic mass is 32.1. The summed E-state index contributed by atoms with van der Waals surface area (Å²) < 4.78 is 38.5. The van der Waals surface area contributed by atoms with Crippen LogP contribution in [0, 0.1) is 5.92 Å². The molecule has 0 saturated heterocycles. The van der Waals surface area contributed by atoms with Crippen molar-refractivity contribution in [3.63, 3.8) is 0 Å². The number of hydrogen-bond donors (Lipinski definition) is 1. The standard InChI is InChI=1S/C14H19F3N2OS/c1-3-19(4-2)13(20)11-9-6-5-8(14(15,16)17)7-10(9)21-12(11)18/h8H,3-7,18H2,1-2H3. The molecular formula is C14H19F3N2OS. The second-order valence-corrected chi connectivity index (χ2v) is 6.34. The molecule has 1 heterocycles. The molecule has 0 spiro atoms. The van der Waals surface area contributed by atoms with Crippen molar-refractivity contribution in [2.45, 2.75) is 39.3 Å². The van der Waals surface area contributed by atoms with Crippen molar-refractivity contribution in [3.05, 3.63) is 16.0 Å². The quantitative estimate of drug-likeness (QED) is 0.927. The maximum absolute atomic E-state index is 12.8. The molecule has 1 aliphatic carbocycles. The van der Waals surface area contributed by atoms with Gasteiger partial charge in [0.1, 0.15) is 0 Å². The van der Waals surface area contributed by atoms with Gasteiger partial charge >= 0.3 is 6.18 Å². The summed E-state index contributed by atoms with van der Waals surface area (Å²) >= 11 is 1.13. The summed E-state index contributed by atoms with van der Waals surface area (Å²) in [5.41, 5.74) is 7.07. The van der Waals surface area contributed by atoms with Gasteiger partial charge in [0.15, 0.2) is 0 Å². The van der Waals surface area contributed by atoms with Crippen molar-refractivity contribution >= 4 is 22.2 Å². The third kappa shape index (κ3) is 3.02. The number of hydrogen-bond acceptors (Lipinski definition) is 3. The lowest BCUT2D eigenvalue weighted by Crippen LogP contribution is -2.32. The Morgan fingerprint density at radius 2 is 2.00 bits per heavy atom. The van der Waals surface area contributed by atoms with Crippen LogP contribution in [0.4, 0.5) is 18.2 Å². The van der Waals surface area contributed by atoms with Gasteiger partial charge < -0.3 is 10.6 Å². The first-order valence-corrected chi connectivity index (χ1v) is 7.87. The van der Waals surface area contributed by atoms with Crippen molar-refractivity contribution in [1.29, 1.82) is 0 Å². The number of carbonyl (C=O) groups is 1. The molecule has 1 aliphatic rings. The second kappa shape index (κ2) is 5.87. The lowest BCUT2D eigenvalue weighted by Gasteiger charge is -2.25. The van der Waals surface area contributed by atoms with E-state index in [4.69, 9.17) is 5.73 Å². The van der Waals surface area contributed by atoms with E-state index in [-0.39, 0.29) is 25.2 Å². The minimum Gasteiger partial charge on any atom is -0.390 e. The van der Waals surface area contributed by atoms with Crippen molar-refractivity contribution in [3.8, 4) is 0 Å². The Bertz CT molecular complexity index is 535. The van der Waals surface area contributed by atoms with Gasteiger partial charge in [-0.25, -0.2) is 0 Å². The molecule has 0 aromatic carbocycles. The van der Waals surface area contributed by atoms with Gasteiger partial charge in [-0.2, -0.15) is 13.2 Å². The minimum atomic E-state index is -4.18. The van der Waals surface area contributed by atoms with Crippen LogP contribution in [0.25, 0.3) is 0 Å². The molecule has 118 valence electrons. The minimum absolute atomic E-state index is 0.0329. The molecule has 1 atom stereocenters. The normalized spacial score (nSPS) is 18.4. The lowest BCUT2D eigenvalue weighted by molar-refractivity contribution is -0.176. The molecule has 1 aromatic rings. The summed E-state index contributed by atoms with van der Waals surface area (Å²) in [6, 6.07) is 0. The van der Waals surface area contributed by atoms with Gasteiger partial charge in [0.05, 0.1) is 16.5 Å². The molecule has 1 aromatic heterocycles. The SMILES string of the molecule is CCN(CC)C(=O)c1c(N)sc2c1CCC(C(F)(F)F)C2. The summed E-state index contributed by atoms with van der Waals surface area (Å²) in [5.74, 6) is -1.49. The highest BCUT2D eigenvalue weighted by Crippen LogP contribution is 2.43. The van der Waals surface area contributed by atoms with E-state index in [1.165, 1.54) is 0 Å². The first-order valence-electron chi connectivity index (χ1n) is 7.05. The number of alkyl halides is 3. The molecular weight excluding hydrogens is 301 g/mol. The number of halogens is 3. The van der Waals surface area contributed by atoms with Crippen LogP contribution in [0.2, 0.25) is 0 Å². The van der Waals surface area contributed by atoms with E-state index in [0.717, 1.165) is 16.9 Å². The van der Waals surface area contributed by atoms with E-state index in [0.29, 0.717) is 28.5 Å².